The van der Waals surface area contributed by atoms with Gasteiger partial charge in [-0.1, -0.05) is 187 Å². The minimum Gasteiger partial charge on any atom is -0.310 e. The van der Waals surface area contributed by atoms with Crippen molar-refractivity contribution in [1.29, 1.82) is 0 Å². The maximum atomic E-state index is 2.63. The predicted octanol–water partition coefficient (Wildman–Crippen LogP) is 21.0. The lowest BCUT2D eigenvalue weighted by atomic mass is 9.83. The van der Waals surface area contributed by atoms with Crippen molar-refractivity contribution >= 4 is 66.4 Å². The fraction of sp³-hybridized carbons (Fsp3) is 0.257. The van der Waals surface area contributed by atoms with E-state index in [-0.39, 0.29) is 0 Å². The summed E-state index contributed by atoms with van der Waals surface area (Å²) in [5, 5.41) is 7.98. The van der Waals surface area contributed by atoms with Gasteiger partial charge in [0.15, 0.2) is 0 Å². The summed E-state index contributed by atoms with van der Waals surface area (Å²) in [6, 6.07) is 69.9. The molecule has 0 radical (unpaired) electrons. The van der Waals surface area contributed by atoms with Gasteiger partial charge in [0.05, 0.1) is 11.4 Å². The molecule has 2 nitrogen and oxygen atoms in total. The molecule has 0 aromatic heterocycles. The smallest absolute Gasteiger partial charge is 0.0543 e. The van der Waals surface area contributed by atoms with Crippen molar-refractivity contribution in [2.24, 2.45) is 0 Å². The summed E-state index contributed by atoms with van der Waals surface area (Å²) in [5.74, 6) is 1.78. The second kappa shape index (κ2) is 19.1. The van der Waals surface area contributed by atoms with Crippen molar-refractivity contribution in [3.8, 4) is 22.3 Å². The van der Waals surface area contributed by atoms with Crippen LogP contribution in [0.5, 0.6) is 0 Å². The first-order valence-electron chi connectivity index (χ1n) is 27.1. The molecule has 0 saturated heterocycles. The van der Waals surface area contributed by atoms with Crippen molar-refractivity contribution < 1.29 is 0 Å². The minimum absolute atomic E-state index is 0.291. The fourth-order valence-corrected chi connectivity index (χ4v) is 13.1. The Labute approximate surface area is 428 Å². The molecule has 2 saturated carbocycles. The summed E-state index contributed by atoms with van der Waals surface area (Å²) < 4.78 is 0. The molecule has 10 aromatic rings. The highest BCUT2D eigenvalue weighted by atomic mass is 15.2. The number of hydrogen-bond donors (Lipinski definition) is 0. The van der Waals surface area contributed by atoms with Crippen LogP contribution in [0.15, 0.2) is 182 Å². The minimum atomic E-state index is 0.291. The van der Waals surface area contributed by atoms with Gasteiger partial charge in [-0.05, 0) is 189 Å². The maximum absolute atomic E-state index is 2.63. The van der Waals surface area contributed by atoms with Crippen molar-refractivity contribution in [2.75, 3.05) is 9.80 Å². The normalized spacial score (nSPS) is 14.5. The van der Waals surface area contributed by atoms with Gasteiger partial charge in [-0.25, -0.2) is 0 Å². The molecule has 0 amide bonds. The molecular formula is C70H68N2. The lowest BCUT2D eigenvalue weighted by Gasteiger charge is -2.33. The predicted molar refractivity (Wildman–Crippen MR) is 310 cm³/mol. The first kappa shape index (κ1) is 45.9. The van der Waals surface area contributed by atoms with E-state index in [1.54, 1.807) is 0 Å². The number of anilines is 6. The van der Waals surface area contributed by atoms with Crippen LogP contribution in [-0.4, -0.2) is 0 Å². The highest BCUT2D eigenvalue weighted by Gasteiger charge is 2.29. The van der Waals surface area contributed by atoms with Crippen LogP contribution in [0.25, 0.3) is 54.6 Å². The van der Waals surface area contributed by atoms with E-state index in [2.05, 4.69) is 233 Å². The monoisotopic (exact) mass is 937 g/mol. The Morgan fingerprint density at radius 2 is 0.736 bits per heavy atom. The zero-order valence-corrected chi connectivity index (χ0v) is 43.2. The van der Waals surface area contributed by atoms with Gasteiger partial charge in [-0.3, -0.25) is 0 Å². The number of benzene rings is 10. The third kappa shape index (κ3) is 8.04. The molecule has 0 N–H and O–H groups in total. The van der Waals surface area contributed by atoms with Gasteiger partial charge in [-0.2, -0.15) is 0 Å². The van der Waals surface area contributed by atoms with Gasteiger partial charge in [0.2, 0.25) is 0 Å². The molecule has 0 unspecified atom stereocenters. The van der Waals surface area contributed by atoms with Crippen LogP contribution in [0.2, 0.25) is 0 Å². The summed E-state index contributed by atoms with van der Waals surface area (Å²) in [5.41, 5.74) is 20.6. The molecule has 2 fully saturated rings. The van der Waals surface area contributed by atoms with Crippen LogP contribution in [0.1, 0.15) is 136 Å². The van der Waals surface area contributed by atoms with Crippen LogP contribution in [0.4, 0.5) is 34.1 Å². The Morgan fingerprint density at radius 3 is 1.12 bits per heavy atom. The van der Waals surface area contributed by atoms with Gasteiger partial charge in [0.1, 0.15) is 0 Å². The Bertz CT molecular complexity index is 3330. The Morgan fingerprint density at radius 1 is 0.361 bits per heavy atom. The summed E-state index contributed by atoms with van der Waals surface area (Å²) in [6.07, 6.45) is 10.3. The van der Waals surface area contributed by atoms with E-state index in [4.69, 9.17) is 0 Å². The molecule has 358 valence electrons. The lowest BCUT2D eigenvalue weighted by Crippen LogP contribution is -2.15. The Kier molecular flexibility index (Phi) is 12.2. The van der Waals surface area contributed by atoms with E-state index in [1.807, 2.05) is 0 Å². The molecule has 2 heteroatoms. The van der Waals surface area contributed by atoms with Crippen molar-refractivity contribution in [3.63, 3.8) is 0 Å². The largest absolute Gasteiger partial charge is 0.310 e. The highest BCUT2D eigenvalue weighted by Crippen LogP contribution is 2.53. The molecule has 2 aliphatic carbocycles. The van der Waals surface area contributed by atoms with Crippen molar-refractivity contribution in [3.05, 3.63) is 215 Å². The molecule has 10 aromatic carbocycles. The molecule has 12 rings (SSSR count). The van der Waals surface area contributed by atoms with E-state index in [0.29, 0.717) is 23.7 Å². The van der Waals surface area contributed by atoms with E-state index < -0.39 is 0 Å². The van der Waals surface area contributed by atoms with E-state index in [1.165, 1.54) is 173 Å². The van der Waals surface area contributed by atoms with Crippen LogP contribution in [0, 0.1) is 13.8 Å². The van der Waals surface area contributed by atoms with E-state index in [0.717, 1.165) is 0 Å². The second-order valence-electron chi connectivity index (χ2n) is 21.8. The summed E-state index contributed by atoms with van der Waals surface area (Å²) >= 11 is 0. The average molecular weight is 937 g/mol. The molecule has 72 heavy (non-hydrogen) atoms. The number of hydrogen-bond acceptors (Lipinski definition) is 2. The first-order chi connectivity index (χ1) is 35.2. The van der Waals surface area contributed by atoms with Gasteiger partial charge in [0.25, 0.3) is 0 Å². The lowest BCUT2D eigenvalue weighted by molar-refractivity contribution is 0.723. The van der Waals surface area contributed by atoms with Crippen LogP contribution in [-0.2, 0) is 0 Å². The summed E-state index contributed by atoms with van der Waals surface area (Å²) in [6.45, 7) is 14.2. The molecule has 0 spiro atoms. The first-order valence-corrected chi connectivity index (χ1v) is 27.1. The maximum Gasteiger partial charge on any atom is 0.0543 e. The topological polar surface area (TPSA) is 6.48 Å². The quantitative estimate of drug-likeness (QED) is 0.113. The molecule has 2 aliphatic rings. The summed E-state index contributed by atoms with van der Waals surface area (Å²) in [4.78, 5) is 5.25. The van der Waals surface area contributed by atoms with E-state index in [9.17, 15) is 0 Å². The molecule has 0 aliphatic heterocycles. The Hall–Kier alpha value is -7.16. The number of rotatable bonds is 12. The van der Waals surface area contributed by atoms with E-state index >= 15 is 0 Å². The summed E-state index contributed by atoms with van der Waals surface area (Å²) in [7, 11) is 0. The van der Waals surface area contributed by atoms with Gasteiger partial charge >= 0.3 is 0 Å². The molecule has 0 bridgehead atoms. The van der Waals surface area contributed by atoms with Crippen molar-refractivity contribution in [2.45, 2.75) is 117 Å². The number of nitrogens with zero attached hydrogens (tertiary/aromatic N) is 2. The SMILES string of the molecule is Cc1c(-c2ccccc2)cccc1N(c1cccc(C2CCCC2)c1)c1cc(C(C)C)c2ccc3c(N(c4cccc(C5CCCC5)c4)c4cccc(-c5ccccc5)c4C)cc(C(C)C)c4ccc1c2c43. The Balaban J connectivity index is 1.16. The zero-order chi connectivity index (χ0) is 49.0. The molecule has 0 heterocycles. The van der Waals surface area contributed by atoms with Crippen LogP contribution >= 0.6 is 0 Å². The molecule has 0 atom stereocenters. The van der Waals surface area contributed by atoms with Crippen LogP contribution in [0.3, 0.4) is 0 Å². The third-order valence-electron chi connectivity index (χ3n) is 16.8. The third-order valence-corrected chi connectivity index (χ3v) is 16.8. The average Bonchev–Trinajstić information content (AvgIpc) is 4.17. The second-order valence-corrected chi connectivity index (χ2v) is 21.8. The zero-order valence-electron chi connectivity index (χ0n) is 43.2. The fourth-order valence-electron chi connectivity index (χ4n) is 13.1. The van der Waals surface area contributed by atoms with Crippen LogP contribution < -0.4 is 9.80 Å². The van der Waals surface area contributed by atoms with Gasteiger partial charge in [-0.15, -0.1) is 0 Å². The highest BCUT2D eigenvalue weighted by molar-refractivity contribution is 6.29. The van der Waals surface area contributed by atoms with Gasteiger partial charge < -0.3 is 9.80 Å². The van der Waals surface area contributed by atoms with Crippen molar-refractivity contribution in [1.82, 2.24) is 0 Å². The molecular weight excluding hydrogens is 869 g/mol. The standard InChI is InChI=1S/C70H68N2/c1-45(2)63-43-67(71(55-31-17-29-53(41-55)49-21-13-14-22-49)65-35-19-33-57(47(65)5)51-25-9-7-10-26-51)61-40-38-60-64(46(3)4)44-68(62-39-37-59(63)69(61)70(60)62)72(56-32-18-30-54(42-56)50-23-15-16-24-50)66-36-20-34-58(48(66)6)52-27-11-8-12-28-52/h7-12,17-20,25-46,49-50H,13-16,21-24H2,1-6H3. The van der Waals surface area contributed by atoms with Gasteiger partial charge in [0, 0.05) is 33.5 Å².